The molecule has 1 aromatic heterocycles. The van der Waals surface area contributed by atoms with Crippen LogP contribution in [0, 0.1) is 20.8 Å². The van der Waals surface area contributed by atoms with Crippen molar-refractivity contribution in [3.8, 4) is 5.75 Å². The Morgan fingerprint density at radius 2 is 1.68 bits per heavy atom. The van der Waals surface area contributed by atoms with Crippen molar-refractivity contribution in [3.05, 3.63) is 76.9 Å². The summed E-state index contributed by atoms with van der Waals surface area (Å²) in [5.41, 5.74) is 4.92. The van der Waals surface area contributed by atoms with E-state index in [2.05, 4.69) is 37.9 Å². The average molecular weight is 442 g/mol. The van der Waals surface area contributed by atoms with Gasteiger partial charge in [-0.05, 0) is 75.6 Å². The van der Waals surface area contributed by atoms with Crippen molar-refractivity contribution in [1.82, 2.24) is 13.9 Å². The van der Waals surface area contributed by atoms with Crippen LogP contribution in [0.1, 0.15) is 41.9 Å². The summed E-state index contributed by atoms with van der Waals surface area (Å²) in [7, 11) is -2.13. The summed E-state index contributed by atoms with van der Waals surface area (Å²) in [5, 5.41) is 0. The maximum atomic E-state index is 13.4. The van der Waals surface area contributed by atoms with Gasteiger partial charge in [-0.1, -0.05) is 17.7 Å². The molecule has 3 aromatic rings. The molecule has 0 aliphatic heterocycles. The minimum absolute atomic E-state index is 0.197. The Hall–Kier alpha value is -2.64. The number of hydrogen-bond donors (Lipinski definition) is 0. The van der Waals surface area contributed by atoms with E-state index in [4.69, 9.17) is 4.74 Å². The second-order valence-electron chi connectivity index (χ2n) is 8.17. The maximum Gasteiger partial charge on any atom is 0.243 e. The molecule has 0 spiro atoms. The molecule has 1 heterocycles. The third kappa shape index (κ3) is 4.99. The van der Waals surface area contributed by atoms with Crippen molar-refractivity contribution in [2.45, 2.75) is 58.6 Å². The first-order valence-electron chi connectivity index (χ1n) is 10.4. The van der Waals surface area contributed by atoms with Crippen LogP contribution in [0.4, 0.5) is 0 Å². The number of benzene rings is 2. The molecule has 2 aromatic carbocycles. The van der Waals surface area contributed by atoms with Gasteiger partial charge in [0.15, 0.2) is 0 Å². The van der Waals surface area contributed by atoms with Gasteiger partial charge in [-0.15, -0.1) is 0 Å². The zero-order valence-electron chi connectivity index (χ0n) is 19.1. The summed E-state index contributed by atoms with van der Waals surface area (Å²) in [6.07, 6.45) is 3.64. The number of methoxy groups -OCH3 is 1. The molecule has 0 aliphatic rings. The van der Waals surface area contributed by atoms with E-state index < -0.39 is 10.0 Å². The van der Waals surface area contributed by atoms with Crippen LogP contribution in [0.3, 0.4) is 0 Å². The number of aryl methyl sites for hydroxylation is 3. The normalized spacial score (nSPS) is 12.0. The number of sulfonamides is 1. The first kappa shape index (κ1) is 23.0. The van der Waals surface area contributed by atoms with Crippen LogP contribution in [0.25, 0.3) is 0 Å². The van der Waals surface area contributed by atoms with Crippen LogP contribution < -0.4 is 4.74 Å². The monoisotopic (exact) mass is 441 g/mol. The third-order valence-corrected chi connectivity index (χ3v) is 7.55. The van der Waals surface area contributed by atoms with Crippen LogP contribution in [0.2, 0.25) is 0 Å². The highest BCUT2D eigenvalue weighted by Gasteiger charge is 2.28. The number of rotatable bonds is 8. The molecule has 0 aliphatic carbocycles. The summed E-state index contributed by atoms with van der Waals surface area (Å²) in [6, 6.07) is 10.6. The van der Waals surface area contributed by atoms with Crippen molar-refractivity contribution in [1.29, 1.82) is 0 Å². The van der Waals surface area contributed by atoms with E-state index in [1.807, 2.05) is 24.6 Å². The van der Waals surface area contributed by atoms with Gasteiger partial charge in [0.05, 0.1) is 18.6 Å². The molecule has 166 valence electrons. The largest absolute Gasteiger partial charge is 0.497 e. The van der Waals surface area contributed by atoms with Gasteiger partial charge in [0, 0.05) is 25.0 Å². The Morgan fingerprint density at radius 3 is 2.23 bits per heavy atom. The van der Waals surface area contributed by atoms with Gasteiger partial charge in [0.2, 0.25) is 10.0 Å². The zero-order valence-corrected chi connectivity index (χ0v) is 19.9. The molecule has 0 unspecified atom stereocenters. The van der Waals surface area contributed by atoms with Gasteiger partial charge in [0.1, 0.15) is 11.6 Å². The quantitative estimate of drug-likeness (QED) is 0.518. The van der Waals surface area contributed by atoms with Crippen molar-refractivity contribution >= 4 is 10.0 Å². The van der Waals surface area contributed by atoms with E-state index >= 15 is 0 Å². The summed E-state index contributed by atoms with van der Waals surface area (Å²) in [6.45, 7) is 10.9. The first-order chi connectivity index (χ1) is 14.6. The molecule has 0 amide bonds. The van der Waals surface area contributed by atoms with Gasteiger partial charge in [-0.2, -0.15) is 4.31 Å². The summed E-state index contributed by atoms with van der Waals surface area (Å²) in [4.78, 5) is 4.72. The van der Waals surface area contributed by atoms with Gasteiger partial charge in [0.25, 0.3) is 0 Å². The summed E-state index contributed by atoms with van der Waals surface area (Å²) >= 11 is 0. The Labute approximate surface area is 185 Å². The van der Waals surface area contributed by atoms with Gasteiger partial charge < -0.3 is 9.30 Å². The van der Waals surface area contributed by atoms with Crippen LogP contribution in [0.15, 0.2) is 53.7 Å². The Bertz CT molecular complexity index is 1130. The lowest BCUT2D eigenvalue weighted by Gasteiger charge is -2.26. The molecule has 0 fully saturated rings. The first-order valence-corrected chi connectivity index (χ1v) is 11.8. The van der Waals surface area contributed by atoms with E-state index in [0.29, 0.717) is 18.1 Å². The standard InChI is InChI=1S/C24H31N3O3S/c1-17(2)27(31(28,29)22-9-7-21(30-6)8-10-22)16-24-25-11-12-26(24)15-23-19(4)13-18(3)14-20(23)5/h7-14,17H,15-16H2,1-6H3. The van der Waals surface area contributed by atoms with Crippen molar-refractivity contribution < 1.29 is 13.2 Å². The SMILES string of the molecule is COc1ccc(S(=O)(=O)N(Cc2nccn2Cc2c(C)cc(C)cc2C)C(C)C)cc1. The molecular formula is C24H31N3O3S. The van der Waals surface area contributed by atoms with Gasteiger partial charge >= 0.3 is 0 Å². The van der Waals surface area contributed by atoms with E-state index in [1.54, 1.807) is 37.6 Å². The lowest BCUT2D eigenvalue weighted by molar-refractivity contribution is 0.336. The van der Waals surface area contributed by atoms with Crippen LogP contribution in [-0.4, -0.2) is 35.4 Å². The van der Waals surface area contributed by atoms with Crippen molar-refractivity contribution in [3.63, 3.8) is 0 Å². The summed E-state index contributed by atoms with van der Waals surface area (Å²) in [5.74, 6) is 1.33. The smallest absolute Gasteiger partial charge is 0.243 e. The second-order valence-corrected chi connectivity index (χ2v) is 10.1. The fraction of sp³-hybridized carbons (Fsp3) is 0.375. The summed E-state index contributed by atoms with van der Waals surface area (Å²) < 4.78 is 35.4. The maximum absolute atomic E-state index is 13.4. The molecular weight excluding hydrogens is 410 g/mol. The Kier molecular flexibility index (Phi) is 6.86. The highest BCUT2D eigenvalue weighted by molar-refractivity contribution is 7.89. The number of aromatic nitrogens is 2. The van der Waals surface area contributed by atoms with E-state index in [9.17, 15) is 8.42 Å². The van der Waals surface area contributed by atoms with Crippen molar-refractivity contribution in [2.75, 3.05) is 7.11 Å². The topological polar surface area (TPSA) is 64.4 Å². The van der Waals surface area contributed by atoms with E-state index in [1.165, 1.54) is 26.6 Å². The molecule has 0 bridgehead atoms. The molecule has 31 heavy (non-hydrogen) atoms. The van der Waals surface area contributed by atoms with Gasteiger partial charge in [-0.3, -0.25) is 0 Å². The zero-order chi connectivity index (χ0) is 22.8. The third-order valence-electron chi connectivity index (χ3n) is 5.51. The fourth-order valence-electron chi connectivity index (χ4n) is 3.83. The molecule has 0 saturated heterocycles. The lowest BCUT2D eigenvalue weighted by Crippen LogP contribution is -2.37. The highest BCUT2D eigenvalue weighted by Crippen LogP contribution is 2.24. The number of imidazole rings is 1. The van der Waals surface area contributed by atoms with Gasteiger partial charge in [-0.25, -0.2) is 13.4 Å². The minimum Gasteiger partial charge on any atom is -0.497 e. The van der Waals surface area contributed by atoms with E-state index in [-0.39, 0.29) is 17.5 Å². The molecule has 0 N–H and O–H groups in total. The van der Waals surface area contributed by atoms with Crippen molar-refractivity contribution in [2.24, 2.45) is 0 Å². The molecule has 0 saturated carbocycles. The molecule has 0 radical (unpaired) electrons. The van der Waals surface area contributed by atoms with Crippen LogP contribution in [-0.2, 0) is 23.1 Å². The molecule has 3 rings (SSSR count). The average Bonchev–Trinajstić information content (AvgIpc) is 3.15. The molecule has 7 heteroatoms. The molecule has 0 atom stereocenters. The van der Waals surface area contributed by atoms with E-state index in [0.717, 1.165) is 0 Å². The van der Waals surface area contributed by atoms with Crippen LogP contribution >= 0.6 is 0 Å². The predicted molar refractivity (Wildman–Crippen MR) is 123 cm³/mol. The molecule has 6 nitrogen and oxygen atoms in total. The Balaban J connectivity index is 1.91. The minimum atomic E-state index is -3.69. The predicted octanol–water partition coefficient (Wildman–Crippen LogP) is 4.46. The number of hydrogen-bond acceptors (Lipinski definition) is 4. The fourth-order valence-corrected chi connectivity index (χ4v) is 5.42. The number of nitrogens with zero attached hydrogens (tertiary/aromatic N) is 3. The number of ether oxygens (including phenoxy) is 1. The van der Waals surface area contributed by atoms with Crippen LogP contribution in [0.5, 0.6) is 5.75 Å². The highest BCUT2D eigenvalue weighted by atomic mass is 32.2. The lowest BCUT2D eigenvalue weighted by atomic mass is 10.00. The Morgan fingerprint density at radius 1 is 1.06 bits per heavy atom. The second kappa shape index (κ2) is 9.24.